The molecule has 98 valence electrons. The summed E-state index contributed by atoms with van der Waals surface area (Å²) in [4.78, 5) is 13.0. The number of fused-ring (bicyclic) bond motifs is 1. The average molecular weight is 293 g/mol. The van der Waals surface area contributed by atoms with Crippen LogP contribution in [0.2, 0.25) is 0 Å². The van der Waals surface area contributed by atoms with Gasteiger partial charge in [0.2, 0.25) is 0 Å². The summed E-state index contributed by atoms with van der Waals surface area (Å²) in [6, 6.07) is 6.01. The summed E-state index contributed by atoms with van der Waals surface area (Å²) in [6.07, 6.45) is 8.33. The summed E-state index contributed by atoms with van der Waals surface area (Å²) in [5.41, 5.74) is 4.77. The van der Waals surface area contributed by atoms with Gasteiger partial charge in [0.05, 0.1) is 0 Å². The van der Waals surface area contributed by atoms with Gasteiger partial charge in [-0.3, -0.25) is 0 Å². The molecule has 20 heavy (non-hydrogen) atoms. The second-order valence-electron chi connectivity index (χ2n) is 5.09. The van der Waals surface area contributed by atoms with Gasteiger partial charge in [0.25, 0.3) is 0 Å². The number of allylic oxidation sites excluding steroid dienone is 3. The van der Waals surface area contributed by atoms with Crippen molar-refractivity contribution in [2.24, 2.45) is 0 Å². The van der Waals surface area contributed by atoms with Crippen LogP contribution in [0.25, 0.3) is 0 Å². The van der Waals surface area contributed by atoms with Crippen molar-refractivity contribution in [2.45, 2.75) is 19.3 Å². The first kappa shape index (κ1) is 16.0. The minimum atomic E-state index is -1.01. The van der Waals surface area contributed by atoms with Crippen molar-refractivity contribution in [2.75, 3.05) is 13.1 Å². The van der Waals surface area contributed by atoms with E-state index in [9.17, 15) is 9.90 Å². The molecule has 0 aromatic heterocycles. The van der Waals surface area contributed by atoms with E-state index in [1.165, 1.54) is 16.8 Å². The number of benzene rings is 1. The van der Waals surface area contributed by atoms with Gasteiger partial charge in [-0.2, -0.15) is 0 Å². The minimum Gasteiger partial charge on any atom is -0.550 e. The molecule has 0 atom stereocenters. The number of carboxylic acids is 1. The van der Waals surface area contributed by atoms with E-state index in [1.807, 2.05) is 12.1 Å². The molecule has 1 aliphatic carbocycles. The maximum absolute atomic E-state index is 10.7. The molecule has 0 radical (unpaired) electrons. The Balaban J connectivity index is 0.00000147. The second kappa shape index (κ2) is 7.05. The summed E-state index contributed by atoms with van der Waals surface area (Å²) in [7, 11) is 0. The van der Waals surface area contributed by atoms with Gasteiger partial charge in [-0.25, -0.2) is 0 Å². The zero-order chi connectivity index (χ0) is 13.2. The molecule has 1 heterocycles. The van der Waals surface area contributed by atoms with Gasteiger partial charge in [-0.05, 0) is 41.7 Å². The normalized spacial score (nSPS) is 16.4. The van der Waals surface area contributed by atoms with E-state index in [0.717, 1.165) is 31.5 Å². The molecule has 0 amide bonds. The van der Waals surface area contributed by atoms with Crippen LogP contribution in [0.15, 0.2) is 42.1 Å². The van der Waals surface area contributed by atoms with Gasteiger partial charge in [-0.15, -0.1) is 0 Å². The van der Waals surface area contributed by atoms with Crippen molar-refractivity contribution in [3.8, 4) is 0 Å². The van der Waals surface area contributed by atoms with Crippen molar-refractivity contribution in [1.29, 1.82) is 0 Å². The average Bonchev–Trinajstić information content (AvgIpc) is 2.49. The van der Waals surface area contributed by atoms with Crippen LogP contribution >= 0.6 is 0 Å². The molecule has 1 aromatic carbocycles. The number of hydrogen-bond acceptors (Lipinski definition) is 3. The quantitative estimate of drug-likeness (QED) is 0.596. The van der Waals surface area contributed by atoms with Crippen LogP contribution in [-0.4, -0.2) is 24.0 Å². The van der Waals surface area contributed by atoms with E-state index in [1.54, 1.807) is 0 Å². The molecule has 3 nitrogen and oxygen atoms in total. The van der Waals surface area contributed by atoms with E-state index < -0.39 is 5.97 Å². The van der Waals surface area contributed by atoms with Gasteiger partial charge in [0.1, 0.15) is 0 Å². The fraction of sp³-hybridized carbons (Fsp3) is 0.312. The maximum Gasteiger partial charge on any atom is 1.00 e. The summed E-state index contributed by atoms with van der Waals surface area (Å²) in [5, 5.41) is 10.7. The molecule has 0 bridgehead atoms. The Labute approximate surface area is 161 Å². The molecule has 2 aliphatic rings. The van der Waals surface area contributed by atoms with Crippen LogP contribution in [0.4, 0.5) is 0 Å². The smallest absolute Gasteiger partial charge is 0.550 e. The molecule has 0 spiro atoms. The molecule has 0 fully saturated rings. The zero-order valence-corrected chi connectivity index (χ0v) is 14.9. The largest absolute Gasteiger partial charge is 1.00 e. The van der Waals surface area contributed by atoms with Crippen molar-refractivity contribution >= 4 is 5.97 Å². The SMILES string of the molecule is O=C([O-])Cc1ccc2c(c1)CCN(C1=CC=C1)CC2.[K+]. The third-order valence-corrected chi connectivity index (χ3v) is 3.82. The zero-order valence-electron chi connectivity index (χ0n) is 11.8. The molecule has 0 saturated heterocycles. The Morgan fingerprint density at radius 3 is 2.50 bits per heavy atom. The fourth-order valence-corrected chi connectivity index (χ4v) is 2.71. The van der Waals surface area contributed by atoms with Crippen LogP contribution in [0.3, 0.4) is 0 Å². The topological polar surface area (TPSA) is 43.4 Å². The van der Waals surface area contributed by atoms with E-state index in [0.29, 0.717) is 0 Å². The van der Waals surface area contributed by atoms with Crippen molar-refractivity contribution in [1.82, 2.24) is 4.90 Å². The maximum atomic E-state index is 10.7. The third kappa shape index (κ3) is 3.62. The number of carbonyl (C=O) groups is 1. The number of carboxylic acid groups (broad SMARTS) is 1. The Morgan fingerprint density at radius 2 is 1.90 bits per heavy atom. The summed E-state index contributed by atoms with van der Waals surface area (Å²) in [6.45, 7) is 2.03. The van der Waals surface area contributed by atoms with Crippen molar-refractivity contribution in [3.05, 3.63) is 58.8 Å². The van der Waals surface area contributed by atoms with Crippen molar-refractivity contribution in [3.63, 3.8) is 0 Å². The molecule has 3 rings (SSSR count). The molecular formula is C16H16KNO2. The standard InChI is InChI=1S/C16H17NO2.K/c18-16(19)11-12-4-5-13-6-8-17(15-2-1-3-15)9-7-14(13)10-12;/h1-5,10H,6-9,11H2,(H,18,19);/q;+1/p-1. The second-order valence-corrected chi connectivity index (χ2v) is 5.09. The Morgan fingerprint density at radius 1 is 1.20 bits per heavy atom. The third-order valence-electron chi connectivity index (χ3n) is 3.82. The number of rotatable bonds is 3. The van der Waals surface area contributed by atoms with Crippen LogP contribution in [-0.2, 0) is 24.1 Å². The van der Waals surface area contributed by atoms with Gasteiger partial charge in [0, 0.05) is 31.2 Å². The van der Waals surface area contributed by atoms with Crippen LogP contribution in [0.1, 0.15) is 16.7 Å². The fourth-order valence-electron chi connectivity index (χ4n) is 2.71. The summed E-state index contributed by atoms with van der Waals surface area (Å²) < 4.78 is 0. The van der Waals surface area contributed by atoms with Crippen LogP contribution in [0, 0.1) is 0 Å². The van der Waals surface area contributed by atoms with Gasteiger partial charge >= 0.3 is 51.4 Å². The number of hydrogen-bond donors (Lipinski definition) is 0. The van der Waals surface area contributed by atoms with Crippen LogP contribution in [0.5, 0.6) is 0 Å². The monoisotopic (exact) mass is 293 g/mol. The molecule has 1 aromatic rings. The number of carbonyl (C=O) groups excluding carboxylic acids is 1. The Hall–Kier alpha value is -0.394. The summed E-state index contributed by atoms with van der Waals surface area (Å²) in [5.74, 6) is -1.01. The number of nitrogens with zero attached hydrogens (tertiary/aromatic N) is 1. The van der Waals surface area contributed by atoms with Gasteiger partial charge < -0.3 is 14.8 Å². The molecule has 4 heteroatoms. The Bertz CT molecular complexity index is 578. The van der Waals surface area contributed by atoms with E-state index in [-0.39, 0.29) is 57.8 Å². The predicted molar refractivity (Wildman–Crippen MR) is 71.4 cm³/mol. The molecule has 0 N–H and O–H groups in total. The molecular weight excluding hydrogens is 277 g/mol. The van der Waals surface area contributed by atoms with Gasteiger partial charge in [0.15, 0.2) is 0 Å². The molecule has 0 unspecified atom stereocenters. The first-order valence-electron chi connectivity index (χ1n) is 6.66. The first-order chi connectivity index (χ1) is 9.22. The number of aliphatic carboxylic acids is 1. The van der Waals surface area contributed by atoms with E-state index >= 15 is 0 Å². The predicted octanol–water partition coefficient (Wildman–Crippen LogP) is -2.16. The van der Waals surface area contributed by atoms with Crippen LogP contribution < -0.4 is 56.5 Å². The van der Waals surface area contributed by atoms with Gasteiger partial charge in [-0.1, -0.05) is 24.3 Å². The molecule has 0 saturated carbocycles. The first-order valence-corrected chi connectivity index (χ1v) is 6.66. The minimum absolute atomic E-state index is 0. The molecule has 1 aliphatic heterocycles. The van der Waals surface area contributed by atoms with E-state index in [4.69, 9.17) is 0 Å². The summed E-state index contributed by atoms with van der Waals surface area (Å²) >= 11 is 0. The van der Waals surface area contributed by atoms with Crippen molar-refractivity contribution < 1.29 is 61.3 Å². The van der Waals surface area contributed by atoms with E-state index in [2.05, 4.69) is 29.2 Å². The Kier molecular flexibility index (Phi) is 5.63.